The molecule has 4 rings (SSSR count). The van der Waals surface area contributed by atoms with Gasteiger partial charge in [-0.1, -0.05) is 23.7 Å². The van der Waals surface area contributed by atoms with Crippen molar-refractivity contribution in [2.24, 2.45) is 0 Å². The third-order valence-electron chi connectivity index (χ3n) is 5.33. The summed E-state index contributed by atoms with van der Waals surface area (Å²) in [5.41, 5.74) is 4.14. The maximum atomic E-state index is 13.2. The van der Waals surface area contributed by atoms with Gasteiger partial charge in [-0.2, -0.15) is 10.1 Å². The van der Waals surface area contributed by atoms with Crippen LogP contribution in [0.4, 0.5) is 11.6 Å². The van der Waals surface area contributed by atoms with Crippen molar-refractivity contribution in [3.8, 4) is 11.3 Å². The van der Waals surface area contributed by atoms with Gasteiger partial charge in [-0.05, 0) is 55.0 Å². The summed E-state index contributed by atoms with van der Waals surface area (Å²) in [5.74, 6) is -0.322. The molecule has 0 aliphatic heterocycles. The molecule has 0 unspecified atom stereocenters. The van der Waals surface area contributed by atoms with Gasteiger partial charge in [0.05, 0.1) is 16.3 Å². The van der Waals surface area contributed by atoms with E-state index < -0.39 is 0 Å². The monoisotopic (exact) mass is 460 g/mol. The number of nitrogens with zero attached hydrogens (tertiary/aromatic N) is 5. The lowest BCUT2D eigenvalue weighted by atomic mass is 10.0. The van der Waals surface area contributed by atoms with Crippen LogP contribution >= 0.6 is 11.6 Å². The van der Waals surface area contributed by atoms with Gasteiger partial charge in [0.15, 0.2) is 0 Å². The zero-order valence-electron chi connectivity index (χ0n) is 18.3. The molecule has 0 atom stereocenters. The molecule has 2 amide bonds. The zero-order valence-corrected chi connectivity index (χ0v) is 19.0. The van der Waals surface area contributed by atoms with E-state index in [1.165, 1.54) is 22.2 Å². The van der Waals surface area contributed by atoms with E-state index in [0.717, 1.165) is 16.8 Å². The Morgan fingerprint density at radius 3 is 2.42 bits per heavy atom. The number of nitrogens with one attached hydrogen (secondary N) is 1. The summed E-state index contributed by atoms with van der Waals surface area (Å²) in [6.07, 6.45) is 3.05. The van der Waals surface area contributed by atoms with E-state index in [4.69, 9.17) is 11.6 Å². The fourth-order valence-electron chi connectivity index (χ4n) is 3.39. The van der Waals surface area contributed by atoms with Crippen LogP contribution in [0.2, 0.25) is 5.02 Å². The molecule has 166 valence electrons. The van der Waals surface area contributed by atoms with E-state index in [9.17, 15) is 9.59 Å². The first-order valence-electron chi connectivity index (χ1n) is 10.1. The number of hydrogen-bond donors (Lipinski definition) is 1. The fraction of sp³-hybridized carbons (Fsp3) is 0.125. The standard InChI is InChI=1S/C24H21ClN6O2/c1-15-7-9-17(13-19(15)21-6-4-5-11-26-21)30(2)23(33)18-10-8-16(12-20(18)25)22(32)31(3)24-27-14-28-29-24/h4-14H,1-3H3,(H,27,28,29). The fourth-order valence-corrected chi connectivity index (χ4v) is 3.65. The van der Waals surface area contributed by atoms with Crippen molar-refractivity contribution in [1.29, 1.82) is 0 Å². The minimum atomic E-state index is -0.334. The van der Waals surface area contributed by atoms with Crippen molar-refractivity contribution in [2.45, 2.75) is 6.92 Å². The third kappa shape index (κ3) is 4.47. The maximum Gasteiger partial charge on any atom is 0.260 e. The molecular formula is C24H21ClN6O2. The predicted octanol–water partition coefficient (Wildman–Crippen LogP) is 4.38. The quantitative estimate of drug-likeness (QED) is 0.476. The molecule has 0 saturated carbocycles. The number of benzene rings is 2. The summed E-state index contributed by atoms with van der Waals surface area (Å²) in [7, 11) is 3.25. The molecule has 0 fully saturated rings. The first-order chi connectivity index (χ1) is 15.9. The van der Waals surface area contributed by atoms with E-state index in [2.05, 4.69) is 20.2 Å². The number of carbonyl (C=O) groups excluding carboxylic acids is 2. The van der Waals surface area contributed by atoms with Crippen LogP contribution < -0.4 is 9.80 Å². The normalized spacial score (nSPS) is 10.7. The van der Waals surface area contributed by atoms with E-state index >= 15 is 0 Å². The van der Waals surface area contributed by atoms with E-state index in [-0.39, 0.29) is 22.4 Å². The lowest BCUT2D eigenvalue weighted by molar-refractivity contribution is 0.0981. The van der Waals surface area contributed by atoms with Crippen molar-refractivity contribution in [3.05, 3.63) is 88.8 Å². The Balaban J connectivity index is 1.59. The number of halogens is 1. The summed E-state index contributed by atoms with van der Waals surface area (Å²) >= 11 is 6.42. The molecule has 9 heteroatoms. The molecular weight excluding hydrogens is 440 g/mol. The second-order valence-corrected chi connectivity index (χ2v) is 7.85. The van der Waals surface area contributed by atoms with Crippen molar-refractivity contribution >= 4 is 35.1 Å². The Labute approximate surface area is 195 Å². The molecule has 0 spiro atoms. The molecule has 2 aromatic heterocycles. The third-order valence-corrected chi connectivity index (χ3v) is 5.64. The molecule has 33 heavy (non-hydrogen) atoms. The number of pyridine rings is 1. The van der Waals surface area contributed by atoms with Crippen LogP contribution in [0.15, 0.2) is 67.1 Å². The molecule has 4 aromatic rings. The van der Waals surface area contributed by atoms with Gasteiger partial charge in [0.1, 0.15) is 6.33 Å². The van der Waals surface area contributed by atoms with Crippen molar-refractivity contribution < 1.29 is 9.59 Å². The molecule has 0 bridgehead atoms. The van der Waals surface area contributed by atoms with E-state index in [1.54, 1.807) is 32.4 Å². The largest absolute Gasteiger partial charge is 0.311 e. The van der Waals surface area contributed by atoms with Crippen LogP contribution in [0.3, 0.4) is 0 Å². The maximum absolute atomic E-state index is 13.2. The molecule has 0 aliphatic carbocycles. The van der Waals surface area contributed by atoms with Gasteiger partial charge < -0.3 is 4.90 Å². The number of aryl methyl sites for hydroxylation is 1. The van der Waals surface area contributed by atoms with Gasteiger partial charge in [-0.3, -0.25) is 19.5 Å². The lowest BCUT2D eigenvalue weighted by Gasteiger charge is -2.20. The summed E-state index contributed by atoms with van der Waals surface area (Å²) in [6.45, 7) is 2.00. The Morgan fingerprint density at radius 2 is 1.76 bits per heavy atom. The summed E-state index contributed by atoms with van der Waals surface area (Å²) < 4.78 is 0. The topological polar surface area (TPSA) is 95.1 Å². The second kappa shape index (κ2) is 9.22. The number of rotatable bonds is 5. The first kappa shape index (κ1) is 22.2. The lowest BCUT2D eigenvalue weighted by Crippen LogP contribution is -2.28. The number of aromatic nitrogens is 4. The Hall–Kier alpha value is -4.04. The van der Waals surface area contributed by atoms with Crippen LogP contribution in [0.5, 0.6) is 0 Å². The number of anilines is 2. The summed E-state index contributed by atoms with van der Waals surface area (Å²) in [6, 6.07) is 16.1. The van der Waals surface area contributed by atoms with Crippen LogP contribution in [-0.2, 0) is 0 Å². The van der Waals surface area contributed by atoms with Crippen LogP contribution in [0.1, 0.15) is 26.3 Å². The van der Waals surface area contributed by atoms with Crippen LogP contribution in [0, 0.1) is 6.92 Å². The summed E-state index contributed by atoms with van der Waals surface area (Å²) in [4.78, 5) is 37.1. The number of amides is 2. The van der Waals surface area contributed by atoms with Crippen molar-refractivity contribution in [2.75, 3.05) is 23.9 Å². The SMILES string of the molecule is Cc1ccc(N(C)C(=O)c2ccc(C(=O)N(C)c3ncn[nH]3)cc2Cl)cc1-c1ccccn1. The van der Waals surface area contributed by atoms with Gasteiger partial charge in [0, 0.05) is 37.1 Å². The number of H-pyrrole nitrogens is 1. The predicted molar refractivity (Wildman–Crippen MR) is 128 cm³/mol. The number of hydrogen-bond acceptors (Lipinski definition) is 5. The highest BCUT2D eigenvalue weighted by Gasteiger charge is 2.21. The zero-order chi connectivity index (χ0) is 23.5. The molecule has 0 radical (unpaired) electrons. The van der Waals surface area contributed by atoms with Gasteiger partial charge in [0.2, 0.25) is 5.95 Å². The Kier molecular flexibility index (Phi) is 6.19. The van der Waals surface area contributed by atoms with Crippen molar-refractivity contribution in [3.63, 3.8) is 0 Å². The highest BCUT2D eigenvalue weighted by atomic mass is 35.5. The van der Waals surface area contributed by atoms with Gasteiger partial charge >= 0.3 is 0 Å². The average molecular weight is 461 g/mol. The molecule has 2 heterocycles. The van der Waals surface area contributed by atoms with Crippen LogP contribution in [-0.4, -0.2) is 46.1 Å². The number of aromatic amines is 1. The Bertz CT molecular complexity index is 1310. The molecule has 0 saturated heterocycles. The Morgan fingerprint density at radius 1 is 0.939 bits per heavy atom. The van der Waals surface area contributed by atoms with Gasteiger partial charge in [0.25, 0.3) is 11.8 Å². The summed E-state index contributed by atoms with van der Waals surface area (Å²) in [5, 5.41) is 6.56. The minimum absolute atomic E-state index is 0.181. The molecule has 1 N–H and O–H groups in total. The smallest absolute Gasteiger partial charge is 0.260 e. The average Bonchev–Trinajstić information content (AvgIpc) is 3.38. The highest BCUT2D eigenvalue weighted by molar-refractivity contribution is 6.35. The van der Waals surface area contributed by atoms with Crippen LogP contribution in [0.25, 0.3) is 11.3 Å². The molecule has 0 aliphatic rings. The van der Waals surface area contributed by atoms with Gasteiger partial charge in [-0.15, -0.1) is 0 Å². The number of carbonyl (C=O) groups is 2. The van der Waals surface area contributed by atoms with Crippen molar-refractivity contribution in [1.82, 2.24) is 20.2 Å². The van der Waals surface area contributed by atoms with E-state index in [1.807, 2.05) is 43.3 Å². The molecule has 2 aromatic carbocycles. The van der Waals surface area contributed by atoms with E-state index in [0.29, 0.717) is 17.2 Å². The highest BCUT2D eigenvalue weighted by Crippen LogP contribution is 2.28. The first-order valence-corrected chi connectivity index (χ1v) is 10.5. The second-order valence-electron chi connectivity index (χ2n) is 7.45. The minimum Gasteiger partial charge on any atom is -0.311 e. The molecule has 8 nitrogen and oxygen atoms in total. The van der Waals surface area contributed by atoms with Gasteiger partial charge in [-0.25, -0.2) is 5.10 Å².